The number of allylic oxidation sites excluding steroid dienone is 1. The van der Waals surface area contributed by atoms with Gasteiger partial charge in [-0.15, -0.1) is 6.58 Å². The summed E-state index contributed by atoms with van der Waals surface area (Å²) in [4.78, 5) is 57.2. The topological polar surface area (TPSA) is 177 Å². The Bertz CT molecular complexity index is 1450. The Morgan fingerprint density at radius 3 is 2.27 bits per heavy atom. The van der Waals surface area contributed by atoms with E-state index in [1.807, 2.05) is 26.8 Å². The summed E-state index contributed by atoms with van der Waals surface area (Å²) >= 11 is 0. The van der Waals surface area contributed by atoms with Gasteiger partial charge in [0.15, 0.2) is 6.35 Å². The van der Waals surface area contributed by atoms with Gasteiger partial charge in [-0.3, -0.25) is 29.8 Å². The number of hydrogen-bond donors (Lipinski definition) is 5. The molecule has 294 valence electrons. The highest BCUT2D eigenvalue weighted by atomic mass is 32.2. The van der Waals surface area contributed by atoms with E-state index in [-0.39, 0.29) is 48.1 Å². The number of aliphatic hydroxyl groups excluding tert-OH is 1. The van der Waals surface area contributed by atoms with Crippen LogP contribution >= 0.6 is 0 Å². The van der Waals surface area contributed by atoms with Crippen LogP contribution in [0.5, 0.6) is 0 Å². The van der Waals surface area contributed by atoms with Crippen molar-refractivity contribution < 1.29 is 32.7 Å². The van der Waals surface area contributed by atoms with Gasteiger partial charge in [-0.1, -0.05) is 91.4 Å². The normalized spacial score (nSPS) is 25.9. The minimum atomic E-state index is -3.48. The maximum absolute atomic E-state index is 14.9. The quantitative estimate of drug-likeness (QED) is 0.0849. The van der Waals surface area contributed by atoms with Gasteiger partial charge in [-0.2, -0.15) is 0 Å². The number of nitrogens with zero attached hydrogens (tertiary/aromatic N) is 2. The van der Waals surface area contributed by atoms with E-state index in [9.17, 15) is 32.7 Å². The molecule has 0 aromatic carbocycles. The van der Waals surface area contributed by atoms with Crippen molar-refractivity contribution in [3.8, 4) is 0 Å². The van der Waals surface area contributed by atoms with Crippen LogP contribution in [0, 0.1) is 34.5 Å². The van der Waals surface area contributed by atoms with Gasteiger partial charge in [-0.25, -0.2) is 12.7 Å². The zero-order valence-corrected chi connectivity index (χ0v) is 33.1. The Balaban J connectivity index is 1.62. The predicted octanol–water partition coefficient (Wildman–Crippen LogP) is 2.28. The number of fused-ring (bicyclic) bond motifs is 1. The van der Waals surface area contributed by atoms with Gasteiger partial charge in [0.1, 0.15) is 6.04 Å². The molecule has 13 nitrogen and oxygen atoms in total. The summed E-state index contributed by atoms with van der Waals surface area (Å²) < 4.78 is 25.7. The number of nitrogens with one attached hydrogen (secondary N) is 4. The van der Waals surface area contributed by atoms with Gasteiger partial charge in [0.05, 0.1) is 18.3 Å². The maximum Gasteiger partial charge on any atom is 0.289 e. The molecule has 1 heterocycles. The van der Waals surface area contributed by atoms with Gasteiger partial charge >= 0.3 is 0 Å². The fourth-order valence-corrected chi connectivity index (χ4v) is 8.69. The van der Waals surface area contributed by atoms with Gasteiger partial charge in [-0.05, 0) is 47.8 Å². The number of aliphatic hydroxyl groups is 1. The maximum atomic E-state index is 14.9. The number of amides is 3. The van der Waals surface area contributed by atoms with E-state index in [2.05, 4.69) is 47.8 Å². The molecule has 1 aliphatic heterocycles. The molecule has 3 fully saturated rings. The third kappa shape index (κ3) is 10.3. The largest absolute Gasteiger partial charge is 0.365 e. The zero-order valence-electron chi connectivity index (χ0n) is 32.3. The monoisotopic (exact) mass is 748 g/mol. The summed E-state index contributed by atoms with van der Waals surface area (Å²) in [5, 5.41) is 23.3. The Kier molecular flexibility index (Phi) is 13.9. The van der Waals surface area contributed by atoms with Crippen LogP contribution in [-0.4, -0.2) is 110 Å². The predicted molar refractivity (Wildman–Crippen MR) is 201 cm³/mol. The molecular formula is C38H64N6O7S. The van der Waals surface area contributed by atoms with Crippen LogP contribution in [0.25, 0.3) is 0 Å². The molecular weight excluding hydrogens is 685 g/mol. The van der Waals surface area contributed by atoms with E-state index in [1.165, 1.54) is 17.4 Å². The number of Topliss-reactive ketones (excluding diaryl/α,β-unsaturated/α-hetero) is 1. The van der Waals surface area contributed by atoms with Crippen molar-refractivity contribution in [2.24, 2.45) is 34.5 Å². The minimum Gasteiger partial charge on any atom is -0.365 e. The van der Waals surface area contributed by atoms with Gasteiger partial charge < -0.3 is 20.6 Å². The fraction of sp³-hybridized carbons (Fsp3) is 0.789. The molecule has 52 heavy (non-hydrogen) atoms. The number of carbonyl (C=O) groups excluding carboxylic acids is 4. The lowest BCUT2D eigenvalue weighted by Gasteiger charge is -2.39. The van der Waals surface area contributed by atoms with Gasteiger partial charge in [0.2, 0.25) is 27.6 Å². The highest BCUT2D eigenvalue weighted by Gasteiger charge is 2.55. The van der Waals surface area contributed by atoms with E-state index in [0.29, 0.717) is 13.0 Å². The van der Waals surface area contributed by atoms with E-state index in [1.54, 1.807) is 4.90 Å². The third-order valence-corrected chi connectivity index (χ3v) is 13.3. The van der Waals surface area contributed by atoms with Crippen LogP contribution < -0.4 is 21.3 Å². The highest BCUT2D eigenvalue weighted by Crippen LogP contribution is 2.48. The van der Waals surface area contributed by atoms with Crippen LogP contribution in [0.1, 0.15) is 92.4 Å². The Hall–Kier alpha value is -2.65. The van der Waals surface area contributed by atoms with E-state index >= 15 is 0 Å². The second kappa shape index (κ2) is 17.2. The summed E-state index contributed by atoms with van der Waals surface area (Å²) in [6, 6.07) is -3.22. The number of hydrogen-bond acceptors (Lipinski definition) is 9. The Labute approximate surface area is 311 Å². The fourth-order valence-electron chi connectivity index (χ4n) is 8.27. The van der Waals surface area contributed by atoms with Crippen molar-refractivity contribution >= 4 is 33.5 Å². The molecule has 0 aromatic rings. The first-order valence-electron chi connectivity index (χ1n) is 19.1. The highest BCUT2D eigenvalue weighted by molar-refractivity contribution is 7.88. The molecule has 3 amide bonds. The van der Waals surface area contributed by atoms with Crippen LogP contribution in [0.15, 0.2) is 24.8 Å². The molecule has 0 bridgehead atoms. The van der Waals surface area contributed by atoms with Crippen molar-refractivity contribution in [3.63, 3.8) is 0 Å². The number of rotatable bonds is 17. The average Bonchev–Trinajstić information content (AvgIpc) is 3.58. The first-order chi connectivity index (χ1) is 24.2. The summed E-state index contributed by atoms with van der Waals surface area (Å²) in [5.41, 5.74) is -0.736. The lowest BCUT2D eigenvalue weighted by molar-refractivity contribution is -0.145. The molecule has 7 atom stereocenters. The van der Waals surface area contributed by atoms with Crippen molar-refractivity contribution in [1.29, 1.82) is 0 Å². The molecule has 0 aromatic heterocycles. The molecule has 0 radical (unpaired) electrons. The molecule has 1 saturated heterocycles. The van der Waals surface area contributed by atoms with Gasteiger partial charge in [0.25, 0.3) is 5.91 Å². The molecule has 2 unspecified atom stereocenters. The smallest absolute Gasteiger partial charge is 0.289 e. The second-order valence-corrected chi connectivity index (χ2v) is 19.4. The molecule has 2 saturated carbocycles. The number of likely N-dealkylation sites (tertiary alicyclic amines) is 1. The molecule has 4 aliphatic rings. The minimum absolute atomic E-state index is 0.0456. The lowest BCUT2D eigenvalue weighted by atomic mass is 9.78. The zero-order chi connectivity index (χ0) is 38.6. The summed E-state index contributed by atoms with van der Waals surface area (Å²) in [6.07, 6.45) is 13.1. The number of sulfonamides is 1. The van der Waals surface area contributed by atoms with E-state index < -0.39 is 63.6 Å². The van der Waals surface area contributed by atoms with Crippen molar-refractivity contribution in [2.75, 3.05) is 32.9 Å². The molecule has 3 aliphatic carbocycles. The first-order valence-corrected chi connectivity index (χ1v) is 20.9. The van der Waals surface area contributed by atoms with E-state index in [4.69, 9.17) is 0 Å². The number of likely N-dealkylation sites (N-methyl/N-ethyl adjacent to an activating group) is 1. The van der Waals surface area contributed by atoms with Crippen molar-refractivity contribution in [2.45, 2.75) is 123 Å². The molecule has 14 heteroatoms. The standard InChI is InChI=1S/C38H64N6O7S/c1-9-20-39-34(47)32(45)28(21-24-14-13-15-24)40-33(46)31-26-18-19-38(5,6)27(26)22-44(31)35(48)30(25-16-11-10-12-17-25)42-36(49)41-29(37(2,3)4)23-43(7)52(8,50)51/h9,18-19,24-31,36,41-42,49H,1,10-17,20-23H2,2-8H3,(H,39,47)(H,40,46)/t26-,27-,28?,29+,30-,31-,36?/m0/s1. The Morgan fingerprint density at radius 1 is 1.06 bits per heavy atom. The average molecular weight is 749 g/mol. The first kappa shape index (κ1) is 42.1. The molecule has 5 N–H and O–H groups in total. The van der Waals surface area contributed by atoms with Crippen molar-refractivity contribution in [3.05, 3.63) is 24.8 Å². The molecule has 0 spiro atoms. The SMILES string of the molecule is C=CCNC(=O)C(=O)C(CC1CCC1)NC(=O)[C@@H]1[C@H]2C=CC(C)(C)[C@H]2CN1C(=O)[C@@H](NC(O)N[C@H](CN(C)S(C)(=O)=O)C(C)(C)C)C1CCCCC1. The summed E-state index contributed by atoms with van der Waals surface area (Å²) in [6.45, 7) is 14.2. The Morgan fingerprint density at radius 2 is 1.71 bits per heavy atom. The number of ketones is 1. The van der Waals surface area contributed by atoms with Gasteiger partial charge in [0, 0.05) is 38.6 Å². The molecule has 4 rings (SSSR count). The second-order valence-electron chi connectivity index (χ2n) is 17.3. The number of carbonyl (C=O) groups is 4. The lowest BCUT2D eigenvalue weighted by Crippen LogP contribution is -2.63. The van der Waals surface area contributed by atoms with Crippen LogP contribution in [0.3, 0.4) is 0 Å². The van der Waals surface area contributed by atoms with Crippen LogP contribution in [0.2, 0.25) is 0 Å². The van der Waals surface area contributed by atoms with Crippen LogP contribution in [-0.2, 0) is 29.2 Å². The summed E-state index contributed by atoms with van der Waals surface area (Å²) in [5.74, 6) is -2.45. The summed E-state index contributed by atoms with van der Waals surface area (Å²) in [7, 11) is -1.99. The van der Waals surface area contributed by atoms with Crippen molar-refractivity contribution in [1.82, 2.24) is 30.5 Å². The van der Waals surface area contributed by atoms with Crippen LogP contribution in [0.4, 0.5) is 0 Å². The van der Waals surface area contributed by atoms with E-state index in [0.717, 1.165) is 57.6 Å². The third-order valence-electron chi connectivity index (χ3n) is 12.0.